The number of aromatic nitrogens is 5. The molecule has 4 heterocycles. The maximum Gasteiger partial charge on any atom is 0.252 e. The van der Waals surface area contributed by atoms with Crippen LogP contribution in [0.3, 0.4) is 0 Å². The predicted octanol–water partition coefficient (Wildman–Crippen LogP) is 5.04. The molecule has 2 N–H and O–H groups in total. The molecule has 0 spiro atoms. The van der Waals surface area contributed by atoms with Crippen LogP contribution in [0.25, 0.3) is 32.9 Å². The number of rotatable bonds is 5. The van der Waals surface area contributed by atoms with Gasteiger partial charge in [-0.25, -0.2) is 9.97 Å². The molecule has 0 unspecified atom stereocenters. The Hall–Kier alpha value is -4.20. The summed E-state index contributed by atoms with van der Waals surface area (Å²) in [5.41, 5.74) is 10.9. The second-order valence-corrected chi connectivity index (χ2v) is 10.1. The molecule has 186 valence electrons. The summed E-state index contributed by atoms with van der Waals surface area (Å²) in [5.74, 6) is 0.595. The third-order valence-corrected chi connectivity index (χ3v) is 7.76. The van der Waals surface area contributed by atoms with E-state index in [1.807, 2.05) is 24.1 Å². The molecule has 1 aliphatic heterocycles. The first-order valence-electron chi connectivity index (χ1n) is 13.1. The van der Waals surface area contributed by atoms with Crippen LogP contribution in [-0.4, -0.2) is 30.2 Å². The Labute approximate surface area is 214 Å². The van der Waals surface area contributed by atoms with Gasteiger partial charge in [-0.15, -0.1) is 0 Å². The van der Waals surface area contributed by atoms with E-state index in [2.05, 4.69) is 63.4 Å². The molecule has 2 aliphatic rings. The first-order valence-corrected chi connectivity index (χ1v) is 13.1. The molecule has 0 radical (unpaired) electrons. The summed E-state index contributed by atoms with van der Waals surface area (Å²) in [7, 11) is 1.96. The highest BCUT2D eigenvalue weighted by molar-refractivity contribution is 6.19. The molecular formula is C29H29N7O. The summed E-state index contributed by atoms with van der Waals surface area (Å²) in [5, 5.41) is 13.6. The Bertz CT molecular complexity index is 1730. The number of benzene rings is 2. The topological polar surface area (TPSA) is 89.7 Å². The molecule has 0 saturated heterocycles. The lowest BCUT2D eigenvalue weighted by atomic mass is 9.82. The number of aryl methyl sites for hydroxylation is 5. The summed E-state index contributed by atoms with van der Waals surface area (Å²) in [6, 6.07) is 6.48. The largest absolute Gasteiger partial charge is 0.348 e. The summed E-state index contributed by atoms with van der Waals surface area (Å²) in [6.45, 7) is 5.77. The molecule has 8 nitrogen and oxygen atoms in total. The van der Waals surface area contributed by atoms with E-state index < -0.39 is 0 Å². The number of hydrogen-bond acceptors (Lipinski definition) is 5. The van der Waals surface area contributed by atoms with Crippen molar-refractivity contribution < 1.29 is 4.79 Å². The van der Waals surface area contributed by atoms with Gasteiger partial charge < -0.3 is 15.2 Å². The Morgan fingerprint density at radius 2 is 1.92 bits per heavy atom. The van der Waals surface area contributed by atoms with Gasteiger partial charge in [0.2, 0.25) is 5.95 Å². The van der Waals surface area contributed by atoms with Gasteiger partial charge in [0.05, 0.1) is 16.8 Å². The molecule has 37 heavy (non-hydrogen) atoms. The smallest absolute Gasteiger partial charge is 0.252 e. The van der Waals surface area contributed by atoms with Gasteiger partial charge in [0.1, 0.15) is 0 Å². The average molecular weight is 492 g/mol. The van der Waals surface area contributed by atoms with Crippen LogP contribution in [0.15, 0.2) is 36.8 Å². The normalized spacial score (nSPS) is 14.1. The van der Waals surface area contributed by atoms with Gasteiger partial charge in [0, 0.05) is 71.8 Å². The summed E-state index contributed by atoms with van der Waals surface area (Å²) >= 11 is 0. The highest BCUT2D eigenvalue weighted by atomic mass is 16.1. The van der Waals surface area contributed by atoms with Crippen LogP contribution in [0.2, 0.25) is 0 Å². The predicted molar refractivity (Wildman–Crippen MR) is 145 cm³/mol. The second-order valence-electron chi connectivity index (χ2n) is 10.1. The van der Waals surface area contributed by atoms with Crippen LogP contribution in [-0.2, 0) is 39.4 Å². The number of carbonyl (C=O) groups is 1. The number of amides is 1. The standard InChI is InChI=1S/C29H29N7O/c1-4-10-36-23-9-6-17(33-29-31-12-16(5-2)13-32-29)11-19(23)25-20-14-30-28(37)26(20)24-18(27(25)36)7-8-22-21(24)15-35(3)34-22/h6,9,11-13,15H,4-5,7-8,10,14H2,1-3H3,(H,30,37)(H,31,32,33). The van der Waals surface area contributed by atoms with Crippen molar-refractivity contribution in [1.29, 1.82) is 0 Å². The Balaban J connectivity index is 1.51. The highest BCUT2D eigenvalue weighted by Crippen LogP contribution is 2.47. The van der Waals surface area contributed by atoms with Crippen LogP contribution < -0.4 is 10.6 Å². The molecule has 3 aromatic heterocycles. The number of nitrogens with zero attached hydrogens (tertiary/aromatic N) is 5. The fraction of sp³-hybridized carbons (Fsp3) is 0.310. The third kappa shape index (κ3) is 3.21. The first kappa shape index (κ1) is 22.0. The Morgan fingerprint density at radius 3 is 2.70 bits per heavy atom. The Kier molecular flexibility index (Phi) is 4.86. The molecule has 0 saturated carbocycles. The van der Waals surface area contributed by atoms with Crippen molar-refractivity contribution >= 4 is 39.3 Å². The molecule has 1 amide bonds. The van der Waals surface area contributed by atoms with E-state index in [9.17, 15) is 4.79 Å². The fourth-order valence-electron chi connectivity index (χ4n) is 6.18. The van der Waals surface area contributed by atoms with Crippen molar-refractivity contribution in [2.75, 3.05) is 5.32 Å². The number of carbonyl (C=O) groups excluding carboxylic acids is 1. The zero-order valence-electron chi connectivity index (χ0n) is 21.4. The lowest BCUT2D eigenvalue weighted by Gasteiger charge is -2.21. The van der Waals surface area contributed by atoms with E-state index in [0.717, 1.165) is 76.8 Å². The minimum Gasteiger partial charge on any atom is -0.348 e. The van der Waals surface area contributed by atoms with Crippen LogP contribution in [0, 0.1) is 0 Å². The minimum absolute atomic E-state index is 0.0138. The molecule has 0 atom stereocenters. The van der Waals surface area contributed by atoms with Gasteiger partial charge in [-0.3, -0.25) is 9.48 Å². The van der Waals surface area contributed by atoms with E-state index in [4.69, 9.17) is 5.10 Å². The van der Waals surface area contributed by atoms with Crippen molar-refractivity contribution in [3.8, 4) is 11.1 Å². The molecule has 8 heteroatoms. The van der Waals surface area contributed by atoms with Gasteiger partial charge in [0.25, 0.3) is 5.91 Å². The van der Waals surface area contributed by atoms with Crippen molar-refractivity contribution in [2.24, 2.45) is 7.05 Å². The van der Waals surface area contributed by atoms with Crippen LogP contribution in [0.5, 0.6) is 0 Å². The van der Waals surface area contributed by atoms with Gasteiger partial charge in [-0.1, -0.05) is 13.8 Å². The molecule has 0 bridgehead atoms. The van der Waals surface area contributed by atoms with Gasteiger partial charge in [-0.2, -0.15) is 5.10 Å². The van der Waals surface area contributed by atoms with Crippen molar-refractivity contribution in [3.63, 3.8) is 0 Å². The Morgan fingerprint density at radius 1 is 1.08 bits per heavy atom. The second kappa shape index (κ2) is 8.16. The quantitative estimate of drug-likeness (QED) is 0.359. The molecular weight excluding hydrogens is 462 g/mol. The average Bonchev–Trinajstić information content (AvgIpc) is 3.57. The van der Waals surface area contributed by atoms with E-state index in [1.165, 1.54) is 22.0 Å². The third-order valence-electron chi connectivity index (χ3n) is 7.76. The number of anilines is 2. The maximum atomic E-state index is 13.3. The van der Waals surface area contributed by atoms with Crippen molar-refractivity contribution in [2.45, 2.75) is 52.6 Å². The molecule has 7 rings (SSSR count). The number of nitrogens with one attached hydrogen (secondary N) is 2. The molecule has 1 aliphatic carbocycles. The zero-order chi connectivity index (χ0) is 25.3. The first-order chi connectivity index (χ1) is 18.1. The summed E-state index contributed by atoms with van der Waals surface area (Å²) in [4.78, 5) is 22.2. The van der Waals surface area contributed by atoms with Crippen molar-refractivity contribution in [3.05, 3.63) is 64.7 Å². The summed E-state index contributed by atoms with van der Waals surface area (Å²) < 4.78 is 4.34. The maximum absolute atomic E-state index is 13.3. The van der Waals surface area contributed by atoms with Crippen LogP contribution in [0.1, 0.15) is 53.0 Å². The highest BCUT2D eigenvalue weighted by Gasteiger charge is 2.35. The van der Waals surface area contributed by atoms with Gasteiger partial charge in [0.15, 0.2) is 0 Å². The monoisotopic (exact) mass is 491 g/mol. The lowest BCUT2D eigenvalue weighted by molar-refractivity contribution is 0.0966. The van der Waals surface area contributed by atoms with Gasteiger partial charge >= 0.3 is 0 Å². The lowest BCUT2D eigenvalue weighted by Crippen LogP contribution is -2.15. The van der Waals surface area contributed by atoms with E-state index >= 15 is 0 Å². The SMILES string of the molecule is CCCn1c2ccc(Nc3ncc(CC)cn3)cc2c2c3c(c4c(c21)CCc1nn(C)cc1-4)C(=O)NC3. The number of hydrogen-bond donors (Lipinski definition) is 2. The number of fused-ring (bicyclic) bond motifs is 10. The van der Waals surface area contributed by atoms with E-state index in [-0.39, 0.29) is 5.91 Å². The minimum atomic E-state index is 0.0138. The molecule has 0 fully saturated rings. The van der Waals surface area contributed by atoms with E-state index in [0.29, 0.717) is 12.5 Å². The molecule has 2 aromatic carbocycles. The van der Waals surface area contributed by atoms with Crippen LogP contribution >= 0.6 is 0 Å². The van der Waals surface area contributed by atoms with Crippen LogP contribution in [0.4, 0.5) is 11.6 Å². The zero-order valence-corrected chi connectivity index (χ0v) is 21.4. The van der Waals surface area contributed by atoms with Gasteiger partial charge in [-0.05, 0) is 60.6 Å². The summed E-state index contributed by atoms with van der Waals surface area (Å²) in [6.07, 6.45) is 9.49. The fourth-order valence-corrected chi connectivity index (χ4v) is 6.18. The van der Waals surface area contributed by atoms with Crippen molar-refractivity contribution in [1.82, 2.24) is 29.6 Å². The van der Waals surface area contributed by atoms with E-state index in [1.54, 1.807) is 0 Å². The molecule has 5 aromatic rings.